The number of amides is 1. The van der Waals surface area contributed by atoms with Gasteiger partial charge >= 0.3 is 0 Å². The SMILES string of the molecule is O=C(COc1nc(CN2CCOCC2)nc2scc(-c3cccs3)c12)NCC1CCCO1. The molecule has 0 radical (unpaired) electrons. The van der Waals surface area contributed by atoms with E-state index in [-0.39, 0.29) is 18.6 Å². The fraction of sp³-hybridized carbons (Fsp3) is 0.500. The van der Waals surface area contributed by atoms with Crippen LogP contribution in [0, 0.1) is 0 Å². The molecule has 2 saturated heterocycles. The van der Waals surface area contributed by atoms with E-state index in [1.165, 1.54) is 0 Å². The van der Waals surface area contributed by atoms with E-state index < -0.39 is 0 Å². The third-order valence-electron chi connectivity index (χ3n) is 5.59. The Morgan fingerprint density at radius 3 is 2.94 bits per heavy atom. The van der Waals surface area contributed by atoms with Crippen molar-refractivity contribution in [2.45, 2.75) is 25.5 Å². The summed E-state index contributed by atoms with van der Waals surface area (Å²) < 4.78 is 17.0. The lowest BCUT2D eigenvalue weighted by molar-refractivity contribution is -0.123. The number of carbonyl (C=O) groups is 1. The van der Waals surface area contributed by atoms with E-state index in [9.17, 15) is 4.79 Å². The standard InChI is InChI=1S/C22H26N4O4S2/c27-19(23-11-15-3-1-7-29-15)13-30-21-20-16(17-4-2-10-31-17)14-32-22(20)25-18(24-21)12-26-5-8-28-9-6-26/h2,4,10,14-15H,1,3,5-9,11-13H2,(H,23,27). The monoisotopic (exact) mass is 474 g/mol. The van der Waals surface area contributed by atoms with Crippen LogP contribution >= 0.6 is 22.7 Å². The maximum Gasteiger partial charge on any atom is 0.258 e. The predicted molar refractivity (Wildman–Crippen MR) is 124 cm³/mol. The van der Waals surface area contributed by atoms with Gasteiger partial charge in [-0.15, -0.1) is 22.7 Å². The number of morpholine rings is 1. The third kappa shape index (κ3) is 5.10. The number of ether oxygens (including phenoxy) is 3. The lowest BCUT2D eigenvalue weighted by Crippen LogP contribution is -2.36. The maximum absolute atomic E-state index is 12.4. The minimum atomic E-state index is -0.171. The number of hydrogen-bond donors (Lipinski definition) is 1. The molecule has 1 amide bonds. The molecule has 170 valence electrons. The molecule has 1 atom stereocenters. The fourth-order valence-electron chi connectivity index (χ4n) is 3.92. The van der Waals surface area contributed by atoms with E-state index >= 15 is 0 Å². The molecule has 0 aliphatic carbocycles. The number of nitrogens with zero attached hydrogens (tertiary/aromatic N) is 3. The van der Waals surface area contributed by atoms with E-state index in [2.05, 4.69) is 21.7 Å². The van der Waals surface area contributed by atoms with E-state index in [0.717, 1.165) is 66.4 Å². The van der Waals surface area contributed by atoms with E-state index in [0.29, 0.717) is 24.8 Å². The van der Waals surface area contributed by atoms with Crippen molar-refractivity contribution >= 4 is 38.8 Å². The summed E-state index contributed by atoms with van der Waals surface area (Å²) in [5.74, 6) is 0.999. The van der Waals surface area contributed by atoms with Crippen molar-refractivity contribution in [3.05, 3.63) is 28.7 Å². The predicted octanol–water partition coefficient (Wildman–Crippen LogP) is 2.93. The van der Waals surface area contributed by atoms with Crippen molar-refractivity contribution in [3.8, 4) is 16.3 Å². The summed E-state index contributed by atoms with van der Waals surface area (Å²) in [6, 6.07) is 4.10. The van der Waals surface area contributed by atoms with Gasteiger partial charge in [-0.2, -0.15) is 4.98 Å². The van der Waals surface area contributed by atoms with Gasteiger partial charge in [0.2, 0.25) is 5.88 Å². The van der Waals surface area contributed by atoms with Gasteiger partial charge in [-0.25, -0.2) is 4.98 Å². The molecule has 2 aliphatic heterocycles. The zero-order chi connectivity index (χ0) is 21.8. The molecule has 0 aromatic carbocycles. The van der Waals surface area contributed by atoms with Crippen LogP contribution in [0.4, 0.5) is 0 Å². The first-order valence-corrected chi connectivity index (χ1v) is 12.7. The average Bonchev–Trinajstić information content (AvgIpc) is 3.58. The number of nitrogens with one attached hydrogen (secondary N) is 1. The minimum absolute atomic E-state index is 0.0877. The van der Waals surface area contributed by atoms with Crippen LogP contribution in [0.15, 0.2) is 22.9 Å². The van der Waals surface area contributed by atoms with E-state index in [1.54, 1.807) is 22.7 Å². The summed E-state index contributed by atoms with van der Waals surface area (Å²) in [5, 5.41) is 7.92. The number of carbonyl (C=O) groups excluding carboxylic acids is 1. The van der Waals surface area contributed by atoms with Crippen LogP contribution in [-0.4, -0.2) is 72.9 Å². The van der Waals surface area contributed by atoms with Crippen LogP contribution in [0.2, 0.25) is 0 Å². The van der Waals surface area contributed by atoms with Crippen molar-refractivity contribution in [1.82, 2.24) is 20.2 Å². The van der Waals surface area contributed by atoms with Crippen LogP contribution in [0.1, 0.15) is 18.7 Å². The van der Waals surface area contributed by atoms with Gasteiger partial charge in [-0.1, -0.05) is 6.07 Å². The first kappa shape index (κ1) is 21.7. The Balaban J connectivity index is 1.36. The number of thiophene rings is 2. The Kier molecular flexibility index (Phi) is 6.94. The first-order valence-electron chi connectivity index (χ1n) is 10.9. The zero-order valence-corrected chi connectivity index (χ0v) is 19.4. The highest BCUT2D eigenvalue weighted by atomic mass is 32.1. The number of hydrogen-bond acceptors (Lipinski definition) is 9. The summed E-state index contributed by atoms with van der Waals surface area (Å²) in [6.45, 7) is 4.98. The van der Waals surface area contributed by atoms with Crippen LogP contribution in [0.25, 0.3) is 20.7 Å². The van der Waals surface area contributed by atoms with Crippen LogP contribution in [0.3, 0.4) is 0 Å². The number of rotatable bonds is 8. The third-order valence-corrected chi connectivity index (χ3v) is 7.37. The van der Waals surface area contributed by atoms with Crippen molar-refractivity contribution < 1.29 is 19.0 Å². The molecular weight excluding hydrogens is 448 g/mol. The first-order chi connectivity index (χ1) is 15.8. The molecule has 1 unspecified atom stereocenters. The smallest absolute Gasteiger partial charge is 0.258 e. The van der Waals surface area contributed by atoms with Gasteiger partial charge in [-0.05, 0) is 24.3 Å². The molecule has 1 N–H and O–H groups in total. The Hall–Kier alpha value is -2.11. The Morgan fingerprint density at radius 1 is 1.25 bits per heavy atom. The Morgan fingerprint density at radius 2 is 2.16 bits per heavy atom. The maximum atomic E-state index is 12.4. The Labute approximate surface area is 194 Å². The topological polar surface area (TPSA) is 85.8 Å². The van der Waals surface area contributed by atoms with Gasteiger partial charge in [0, 0.05) is 42.1 Å². The lowest BCUT2D eigenvalue weighted by Gasteiger charge is -2.25. The van der Waals surface area contributed by atoms with Gasteiger partial charge < -0.3 is 19.5 Å². The molecule has 5 rings (SSSR count). The van der Waals surface area contributed by atoms with E-state index in [1.807, 2.05) is 11.4 Å². The second kappa shape index (κ2) is 10.2. The second-order valence-corrected chi connectivity index (χ2v) is 9.67. The molecule has 0 spiro atoms. The lowest BCUT2D eigenvalue weighted by atomic mass is 10.2. The largest absolute Gasteiger partial charge is 0.467 e. The van der Waals surface area contributed by atoms with Crippen LogP contribution in [-0.2, 0) is 20.8 Å². The molecule has 32 heavy (non-hydrogen) atoms. The average molecular weight is 475 g/mol. The van der Waals surface area contributed by atoms with Crippen molar-refractivity contribution in [3.63, 3.8) is 0 Å². The van der Waals surface area contributed by atoms with Crippen molar-refractivity contribution in [2.75, 3.05) is 46.1 Å². The van der Waals surface area contributed by atoms with Crippen molar-refractivity contribution in [1.29, 1.82) is 0 Å². The molecular formula is C22H26N4O4S2. The molecule has 3 aromatic rings. The highest BCUT2D eigenvalue weighted by Gasteiger charge is 2.21. The number of aromatic nitrogens is 2. The highest BCUT2D eigenvalue weighted by Crippen LogP contribution is 2.39. The molecule has 2 aliphatic rings. The normalized spacial score (nSPS) is 19.4. The second-order valence-electron chi connectivity index (χ2n) is 7.87. The summed E-state index contributed by atoms with van der Waals surface area (Å²) in [7, 11) is 0. The highest BCUT2D eigenvalue weighted by molar-refractivity contribution is 7.18. The molecule has 0 bridgehead atoms. The van der Waals surface area contributed by atoms with Gasteiger partial charge in [0.05, 0.1) is 31.2 Å². The molecule has 5 heterocycles. The van der Waals surface area contributed by atoms with Gasteiger partial charge in [-0.3, -0.25) is 9.69 Å². The minimum Gasteiger partial charge on any atom is -0.467 e. The van der Waals surface area contributed by atoms with Crippen molar-refractivity contribution in [2.24, 2.45) is 0 Å². The summed E-state index contributed by atoms with van der Waals surface area (Å²) in [5.41, 5.74) is 1.05. The van der Waals surface area contributed by atoms with Gasteiger partial charge in [0.15, 0.2) is 6.61 Å². The molecule has 8 nitrogen and oxygen atoms in total. The van der Waals surface area contributed by atoms with Gasteiger partial charge in [0.25, 0.3) is 5.91 Å². The van der Waals surface area contributed by atoms with Gasteiger partial charge in [0.1, 0.15) is 10.7 Å². The summed E-state index contributed by atoms with van der Waals surface area (Å²) >= 11 is 3.24. The quantitative estimate of drug-likeness (QED) is 0.537. The molecule has 0 saturated carbocycles. The molecule has 3 aromatic heterocycles. The fourth-order valence-corrected chi connectivity index (χ4v) is 5.69. The van der Waals surface area contributed by atoms with Crippen LogP contribution < -0.4 is 10.1 Å². The Bertz CT molecular complexity index is 1040. The number of fused-ring (bicyclic) bond motifs is 1. The molecule has 10 heteroatoms. The summed E-state index contributed by atoms with van der Waals surface area (Å²) in [4.78, 5) is 26.2. The zero-order valence-electron chi connectivity index (χ0n) is 17.7. The van der Waals surface area contributed by atoms with Crippen LogP contribution in [0.5, 0.6) is 5.88 Å². The van der Waals surface area contributed by atoms with E-state index in [4.69, 9.17) is 24.2 Å². The molecule has 2 fully saturated rings. The summed E-state index contributed by atoms with van der Waals surface area (Å²) in [6.07, 6.45) is 2.13.